The fraction of sp³-hybridized carbons (Fsp3) is 0.462. The van der Waals surface area contributed by atoms with Crippen molar-refractivity contribution >= 4 is 40.4 Å². The number of halogens is 4. The van der Waals surface area contributed by atoms with Gasteiger partial charge >= 0.3 is 6.18 Å². The van der Waals surface area contributed by atoms with Crippen molar-refractivity contribution in [2.45, 2.75) is 50.9 Å². The molecule has 2 aliphatic rings. The molecule has 0 bridgehead atoms. The molecule has 2 aliphatic heterocycles. The van der Waals surface area contributed by atoms with Gasteiger partial charge in [0.25, 0.3) is 0 Å². The molecule has 0 radical (unpaired) electrons. The first-order valence-corrected chi connectivity index (χ1v) is 13.0. The van der Waals surface area contributed by atoms with Crippen LogP contribution in [0.3, 0.4) is 0 Å². The Morgan fingerprint density at radius 1 is 1.21 bits per heavy atom. The number of ether oxygens (including phenoxy) is 1. The molecular weight excluding hydrogens is 537 g/mol. The van der Waals surface area contributed by atoms with E-state index in [1.54, 1.807) is 23.9 Å². The first-order chi connectivity index (χ1) is 18.5. The number of carbonyl (C=O) groups is 2. The second-order valence-electron chi connectivity index (χ2n) is 10.0. The van der Waals surface area contributed by atoms with Crippen LogP contribution >= 0.6 is 11.6 Å². The van der Waals surface area contributed by atoms with E-state index in [-0.39, 0.29) is 42.6 Å². The Labute approximate surface area is 227 Å². The summed E-state index contributed by atoms with van der Waals surface area (Å²) < 4.78 is 50.4. The van der Waals surface area contributed by atoms with Gasteiger partial charge in [-0.25, -0.2) is 9.50 Å². The molecule has 1 aromatic carbocycles. The van der Waals surface area contributed by atoms with Crippen LogP contribution in [0.15, 0.2) is 36.5 Å². The molecule has 5 rings (SSSR count). The summed E-state index contributed by atoms with van der Waals surface area (Å²) in [5, 5.41) is 10.4. The fourth-order valence-electron chi connectivity index (χ4n) is 5.51. The number of rotatable bonds is 6. The zero-order valence-electron chi connectivity index (χ0n) is 21.4. The molecule has 2 fully saturated rings. The molecule has 3 aromatic rings. The summed E-state index contributed by atoms with van der Waals surface area (Å²) in [6, 6.07) is 5.31. The molecule has 39 heavy (non-hydrogen) atoms. The lowest BCUT2D eigenvalue weighted by Crippen LogP contribution is -2.58. The number of carbonyl (C=O) groups excluding carboxylic acids is 2. The summed E-state index contributed by atoms with van der Waals surface area (Å²) in [4.78, 5) is 30.4. The summed E-state index contributed by atoms with van der Waals surface area (Å²) in [6.07, 6.45) is -2.23. The van der Waals surface area contributed by atoms with Gasteiger partial charge in [-0.2, -0.15) is 18.3 Å². The Morgan fingerprint density at radius 3 is 2.59 bits per heavy atom. The number of piperidine rings is 2. The summed E-state index contributed by atoms with van der Waals surface area (Å²) in [5.74, 6) is -0.747. The van der Waals surface area contributed by atoms with Gasteiger partial charge in [-0.15, -0.1) is 0 Å². The minimum atomic E-state index is -4.68. The van der Waals surface area contributed by atoms with E-state index in [2.05, 4.69) is 20.7 Å². The molecule has 2 saturated heterocycles. The number of fused-ring (bicyclic) bond motifs is 1. The van der Waals surface area contributed by atoms with Gasteiger partial charge in [-0.05, 0) is 43.9 Å². The highest BCUT2D eigenvalue weighted by Gasteiger charge is 2.53. The van der Waals surface area contributed by atoms with Crippen LogP contribution in [0.5, 0.6) is 0 Å². The van der Waals surface area contributed by atoms with E-state index in [9.17, 15) is 22.8 Å². The number of alkyl halides is 3. The van der Waals surface area contributed by atoms with Gasteiger partial charge in [-0.1, -0.05) is 23.7 Å². The number of nitrogens with zero attached hydrogens (tertiary/aromatic N) is 4. The normalized spacial score (nSPS) is 21.7. The zero-order chi connectivity index (χ0) is 27.9. The third kappa shape index (κ3) is 5.14. The number of benzene rings is 1. The highest BCUT2D eigenvalue weighted by atomic mass is 35.5. The number of aromatic nitrogens is 3. The van der Waals surface area contributed by atoms with E-state index >= 15 is 0 Å². The topological polar surface area (TPSA) is 101 Å². The maximum Gasteiger partial charge on any atom is 0.413 e. The van der Waals surface area contributed by atoms with Crippen LogP contribution in [0, 0.1) is 5.41 Å². The van der Waals surface area contributed by atoms with E-state index in [0.29, 0.717) is 35.6 Å². The first kappa shape index (κ1) is 27.2. The van der Waals surface area contributed by atoms with Crippen molar-refractivity contribution in [2.24, 2.45) is 5.41 Å². The Hall–Kier alpha value is -3.38. The predicted molar refractivity (Wildman–Crippen MR) is 138 cm³/mol. The lowest BCUT2D eigenvalue weighted by Gasteiger charge is -2.46. The quantitative estimate of drug-likeness (QED) is 0.439. The van der Waals surface area contributed by atoms with Gasteiger partial charge in [0, 0.05) is 38.4 Å². The van der Waals surface area contributed by atoms with Gasteiger partial charge < -0.3 is 20.3 Å². The van der Waals surface area contributed by atoms with E-state index in [0.717, 1.165) is 4.90 Å². The Balaban J connectivity index is 1.43. The van der Waals surface area contributed by atoms with Gasteiger partial charge in [0.1, 0.15) is 0 Å². The largest absolute Gasteiger partial charge is 0.413 e. The average Bonchev–Trinajstić information content (AvgIpc) is 3.28. The maximum atomic E-state index is 14.4. The standard InChI is InChI=1S/C26H28ClF3N6O3/c1-15(39-2)22-18(13-31-20-12-19(27)34-36(20)22)33-17-6-4-16(5-7-17)23(26(28,29)30)35-11-3-9-25(24(35)38)10-8-21(37)32-14-25/h4-7,12-13,15,23,33H,3,8-11,14H2,1-2H3,(H,32,37)/t15-,23-,25?/m0/s1. The average molecular weight is 565 g/mol. The van der Waals surface area contributed by atoms with Crippen LogP contribution in [0.1, 0.15) is 56.0 Å². The Morgan fingerprint density at radius 2 is 1.95 bits per heavy atom. The molecule has 208 valence electrons. The maximum absolute atomic E-state index is 14.4. The lowest BCUT2D eigenvalue weighted by atomic mass is 9.73. The van der Waals surface area contributed by atoms with Crippen molar-refractivity contribution < 1.29 is 27.5 Å². The molecule has 0 aliphatic carbocycles. The molecule has 4 heterocycles. The molecule has 9 nitrogen and oxygen atoms in total. The van der Waals surface area contributed by atoms with Crippen molar-refractivity contribution in [3.05, 3.63) is 52.9 Å². The van der Waals surface area contributed by atoms with Gasteiger partial charge in [0.15, 0.2) is 16.8 Å². The highest BCUT2D eigenvalue weighted by molar-refractivity contribution is 6.29. The molecular formula is C26H28ClF3N6O3. The highest BCUT2D eigenvalue weighted by Crippen LogP contribution is 2.45. The van der Waals surface area contributed by atoms with Crippen molar-refractivity contribution in [3.63, 3.8) is 0 Å². The number of hydrogen-bond acceptors (Lipinski definition) is 6. The molecule has 1 unspecified atom stereocenters. The minimum Gasteiger partial charge on any atom is -0.375 e. The number of methoxy groups -OCH3 is 1. The van der Waals surface area contributed by atoms with Crippen molar-refractivity contribution in [3.8, 4) is 0 Å². The number of likely N-dealkylation sites (tertiary alicyclic amines) is 1. The second-order valence-corrected chi connectivity index (χ2v) is 10.4. The van der Waals surface area contributed by atoms with E-state index in [1.807, 2.05) is 6.92 Å². The van der Waals surface area contributed by atoms with Gasteiger partial charge in [0.05, 0.1) is 29.1 Å². The lowest BCUT2D eigenvalue weighted by molar-refractivity contribution is -0.201. The zero-order valence-corrected chi connectivity index (χ0v) is 22.1. The minimum absolute atomic E-state index is 0.00487. The van der Waals surface area contributed by atoms with Crippen molar-refractivity contribution in [2.75, 3.05) is 25.5 Å². The van der Waals surface area contributed by atoms with Gasteiger partial charge in [0.2, 0.25) is 11.8 Å². The molecule has 2 amide bonds. The molecule has 2 aromatic heterocycles. The smallest absolute Gasteiger partial charge is 0.375 e. The fourth-order valence-corrected chi connectivity index (χ4v) is 5.69. The van der Waals surface area contributed by atoms with Crippen molar-refractivity contribution in [1.29, 1.82) is 0 Å². The number of hydrogen-bond donors (Lipinski definition) is 2. The molecule has 3 atom stereocenters. The second kappa shape index (κ2) is 10.3. The van der Waals surface area contributed by atoms with E-state index in [4.69, 9.17) is 16.3 Å². The van der Waals surface area contributed by atoms with Crippen LogP contribution < -0.4 is 10.6 Å². The van der Waals surface area contributed by atoms with Crippen LogP contribution in [0.25, 0.3) is 5.65 Å². The Kier molecular flexibility index (Phi) is 7.19. The molecule has 13 heteroatoms. The summed E-state index contributed by atoms with van der Waals surface area (Å²) >= 11 is 6.06. The molecule has 0 saturated carbocycles. The Bertz CT molecular complexity index is 1380. The van der Waals surface area contributed by atoms with Crippen LogP contribution in [0.4, 0.5) is 24.5 Å². The SMILES string of the molecule is CO[C@@H](C)c1c(Nc2ccc([C@H](N3CCCC4(CCC(=O)NC4)C3=O)C(F)(F)F)cc2)cnc2cc(Cl)nn12. The van der Waals surface area contributed by atoms with Crippen molar-refractivity contribution in [1.82, 2.24) is 24.8 Å². The first-order valence-electron chi connectivity index (χ1n) is 12.6. The molecule has 1 spiro atoms. The number of anilines is 2. The third-order valence-electron chi connectivity index (χ3n) is 7.58. The van der Waals surface area contributed by atoms with Crippen LogP contribution in [-0.4, -0.2) is 57.7 Å². The van der Waals surface area contributed by atoms with Gasteiger partial charge in [-0.3, -0.25) is 9.59 Å². The predicted octanol–water partition coefficient (Wildman–Crippen LogP) is 4.96. The summed E-state index contributed by atoms with van der Waals surface area (Å²) in [7, 11) is 1.55. The summed E-state index contributed by atoms with van der Waals surface area (Å²) in [6.45, 7) is 1.89. The van der Waals surface area contributed by atoms with E-state index < -0.39 is 29.6 Å². The molecule has 2 N–H and O–H groups in total. The number of nitrogens with one attached hydrogen (secondary N) is 2. The summed E-state index contributed by atoms with van der Waals surface area (Å²) in [5.41, 5.74) is 1.18. The number of amides is 2. The third-order valence-corrected chi connectivity index (χ3v) is 7.76. The van der Waals surface area contributed by atoms with Crippen LogP contribution in [0.2, 0.25) is 5.15 Å². The van der Waals surface area contributed by atoms with Crippen LogP contribution in [-0.2, 0) is 14.3 Å². The monoisotopic (exact) mass is 564 g/mol. The van der Waals surface area contributed by atoms with E-state index in [1.165, 1.54) is 24.3 Å².